The molecule has 3 rings (SSSR count). The second kappa shape index (κ2) is 11.7. The fourth-order valence-electron chi connectivity index (χ4n) is 2.70. The van der Waals surface area contributed by atoms with Crippen molar-refractivity contribution < 1.29 is 23.8 Å². The van der Waals surface area contributed by atoms with Gasteiger partial charge in [-0.05, 0) is 86.1 Å². The average Bonchev–Trinajstić information content (AvgIpc) is 2.81. The highest BCUT2D eigenvalue weighted by Gasteiger charge is 2.14. The molecule has 3 aromatic carbocycles. The summed E-state index contributed by atoms with van der Waals surface area (Å²) in [6.45, 7) is 4.06. The standard InChI is InChI=1S/C25H23ClN2O5/c1-3-31-21-13-9-19(10-14-21)25(30)33-22-11-7-18(8-12-22)16-27-28-24(29)17(2)32-23-6-4-5-20(26)15-23/h4-17H,3H2,1-2H3,(H,28,29)/b27-16-/t17-/m1/s1. The maximum Gasteiger partial charge on any atom is 0.343 e. The molecule has 33 heavy (non-hydrogen) atoms. The molecule has 0 radical (unpaired) electrons. The molecular formula is C25H23ClN2O5. The number of carbonyl (C=O) groups excluding carboxylic acids is 2. The van der Waals surface area contributed by atoms with Crippen LogP contribution in [0.4, 0.5) is 0 Å². The second-order valence-electron chi connectivity index (χ2n) is 6.87. The number of hydrogen-bond donors (Lipinski definition) is 1. The first-order valence-electron chi connectivity index (χ1n) is 10.2. The smallest absolute Gasteiger partial charge is 0.343 e. The molecule has 1 N–H and O–H groups in total. The number of benzene rings is 3. The molecule has 3 aromatic rings. The van der Waals surface area contributed by atoms with Crippen LogP contribution in [0.15, 0.2) is 77.9 Å². The highest BCUT2D eigenvalue weighted by atomic mass is 35.5. The van der Waals surface area contributed by atoms with E-state index in [-0.39, 0.29) is 0 Å². The molecule has 8 heteroatoms. The molecule has 0 spiro atoms. The van der Waals surface area contributed by atoms with Crippen LogP contribution < -0.4 is 19.6 Å². The Labute approximate surface area is 196 Å². The van der Waals surface area contributed by atoms with Gasteiger partial charge in [-0.1, -0.05) is 17.7 Å². The normalized spacial score (nSPS) is 11.6. The van der Waals surface area contributed by atoms with Crippen molar-refractivity contribution in [2.75, 3.05) is 6.61 Å². The molecule has 0 bridgehead atoms. The van der Waals surface area contributed by atoms with E-state index in [9.17, 15) is 9.59 Å². The van der Waals surface area contributed by atoms with Crippen LogP contribution in [0.3, 0.4) is 0 Å². The predicted molar refractivity (Wildman–Crippen MR) is 126 cm³/mol. The lowest BCUT2D eigenvalue weighted by molar-refractivity contribution is -0.127. The number of nitrogens with zero attached hydrogens (tertiary/aromatic N) is 1. The van der Waals surface area contributed by atoms with Crippen molar-refractivity contribution in [2.24, 2.45) is 5.10 Å². The van der Waals surface area contributed by atoms with E-state index in [0.29, 0.717) is 40.0 Å². The van der Waals surface area contributed by atoms with E-state index in [1.54, 1.807) is 79.7 Å². The third-order valence-corrected chi connectivity index (χ3v) is 4.59. The van der Waals surface area contributed by atoms with Crippen LogP contribution in [0, 0.1) is 0 Å². The van der Waals surface area contributed by atoms with Crippen molar-refractivity contribution in [3.05, 3.63) is 88.9 Å². The molecular weight excluding hydrogens is 444 g/mol. The Bertz CT molecular complexity index is 1110. The molecule has 0 aliphatic rings. The number of hydrogen-bond acceptors (Lipinski definition) is 6. The summed E-state index contributed by atoms with van der Waals surface area (Å²) in [5.41, 5.74) is 3.55. The first-order valence-corrected chi connectivity index (χ1v) is 10.6. The minimum Gasteiger partial charge on any atom is -0.494 e. The molecule has 170 valence electrons. The topological polar surface area (TPSA) is 86.2 Å². The lowest BCUT2D eigenvalue weighted by atomic mass is 10.2. The van der Waals surface area contributed by atoms with Gasteiger partial charge >= 0.3 is 5.97 Å². The molecule has 1 atom stereocenters. The van der Waals surface area contributed by atoms with Gasteiger partial charge < -0.3 is 14.2 Å². The number of rotatable bonds is 9. The molecule has 0 saturated heterocycles. The fourth-order valence-corrected chi connectivity index (χ4v) is 2.88. The van der Waals surface area contributed by atoms with Gasteiger partial charge in [0, 0.05) is 5.02 Å². The van der Waals surface area contributed by atoms with Crippen molar-refractivity contribution in [3.8, 4) is 17.2 Å². The lowest BCUT2D eigenvalue weighted by Crippen LogP contribution is -2.33. The number of esters is 1. The third kappa shape index (κ3) is 7.36. The quantitative estimate of drug-likeness (QED) is 0.210. The van der Waals surface area contributed by atoms with E-state index in [4.69, 9.17) is 25.8 Å². The Balaban J connectivity index is 1.49. The van der Waals surface area contributed by atoms with Gasteiger partial charge in [-0.25, -0.2) is 10.2 Å². The molecule has 0 saturated carbocycles. The summed E-state index contributed by atoms with van der Waals surface area (Å²) >= 11 is 5.91. The van der Waals surface area contributed by atoms with Crippen LogP contribution in [0.1, 0.15) is 29.8 Å². The summed E-state index contributed by atoms with van der Waals surface area (Å²) in [6, 6.07) is 20.2. The highest BCUT2D eigenvalue weighted by molar-refractivity contribution is 6.30. The molecule has 0 aromatic heterocycles. The fraction of sp³-hybridized carbons (Fsp3) is 0.160. The van der Waals surface area contributed by atoms with Gasteiger partial charge in [0.1, 0.15) is 17.2 Å². The van der Waals surface area contributed by atoms with Crippen molar-refractivity contribution in [2.45, 2.75) is 20.0 Å². The summed E-state index contributed by atoms with van der Waals surface area (Å²) in [5, 5.41) is 4.45. The van der Waals surface area contributed by atoms with Crippen LogP contribution in [0.25, 0.3) is 0 Å². The zero-order valence-corrected chi connectivity index (χ0v) is 18.9. The zero-order valence-electron chi connectivity index (χ0n) is 18.2. The molecule has 0 aliphatic carbocycles. The summed E-state index contributed by atoms with van der Waals surface area (Å²) in [6.07, 6.45) is 0.715. The van der Waals surface area contributed by atoms with Gasteiger partial charge in [0.2, 0.25) is 0 Å². The SMILES string of the molecule is CCOc1ccc(C(=O)Oc2ccc(/C=N\NC(=O)[C@@H](C)Oc3cccc(Cl)c3)cc2)cc1. The van der Waals surface area contributed by atoms with E-state index in [1.807, 2.05) is 6.92 Å². The Kier molecular flexibility index (Phi) is 8.43. The number of amides is 1. The minimum absolute atomic E-state index is 0.388. The summed E-state index contributed by atoms with van der Waals surface area (Å²) < 4.78 is 16.3. The van der Waals surface area contributed by atoms with Crippen molar-refractivity contribution in [3.63, 3.8) is 0 Å². The van der Waals surface area contributed by atoms with Gasteiger partial charge in [-0.2, -0.15) is 5.10 Å². The highest BCUT2D eigenvalue weighted by Crippen LogP contribution is 2.19. The molecule has 0 fully saturated rings. The number of carbonyl (C=O) groups is 2. The summed E-state index contributed by atoms with van der Waals surface area (Å²) in [5.74, 6) is 0.686. The van der Waals surface area contributed by atoms with Gasteiger partial charge in [-0.3, -0.25) is 4.79 Å². The average molecular weight is 467 g/mol. The van der Waals surface area contributed by atoms with E-state index in [1.165, 1.54) is 6.21 Å². The van der Waals surface area contributed by atoms with E-state index in [2.05, 4.69) is 10.5 Å². The van der Waals surface area contributed by atoms with Crippen molar-refractivity contribution in [1.82, 2.24) is 5.43 Å². The number of ether oxygens (including phenoxy) is 3. The van der Waals surface area contributed by atoms with Crippen LogP contribution in [-0.2, 0) is 4.79 Å². The first kappa shape index (κ1) is 23.8. The summed E-state index contributed by atoms with van der Waals surface area (Å²) in [7, 11) is 0. The largest absolute Gasteiger partial charge is 0.494 e. The Morgan fingerprint density at radius 3 is 2.36 bits per heavy atom. The van der Waals surface area contributed by atoms with E-state index >= 15 is 0 Å². The second-order valence-corrected chi connectivity index (χ2v) is 7.30. The monoisotopic (exact) mass is 466 g/mol. The zero-order chi connectivity index (χ0) is 23.6. The molecule has 0 heterocycles. The number of halogens is 1. The third-order valence-electron chi connectivity index (χ3n) is 4.36. The van der Waals surface area contributed by atoms with Crippen LogP contribution in [0.5, 0.6) is 17.2 Å². The summed E-state index contributed by atoms with van der Waals surface area (Å²) in [4.78, 5) is 24.4. The van der Waals surface area contributed by atoms with Crippen LogP contribution >= 0.6 is 11.6 Å². The predicted octanol–water partition coefficient (Wildman–Crippen LogP) is 4.88. The van der Waals surface area contributed by atoms with Crippen LogP contribution in [-0.4, -0.2) is 30.8 Å². The Morgan fingerprint density at radius 2 is 1.70 bits per heavy atom. The van der Waals surface area contributed by atoms with Crippen molar-refractivity contribution in [1.29, 1.82) is 0 Å². The van der Waals surface area contributed by atoms with E-state index < -0.39 is 18.0 Å². The number of nitrogens with one attached hydrogen (secondary N) is 1. The maximum absolute atomic E-state index is 12.3. The number of hydrazone groups is 1. The molecule has 1 amide bonds. The first-order chi connectivity index (χ1) is 15.9. The van der Waals surface area contributed by atoms with Gasteiger partial charge in [-0.15, -0.1) is 0 Å². The van der Waals surface area contributed by atoms with Gasteiger partial charge in [0.25, 0.3) is 5.91 Å². The Hall–Kier alpha value is -3.84. The Morgan fingerprint density at radius 1 is 1.00 bits per heavy atom. The lowest BCUT2D eigenvalue weighted by Gasteiger charge is -2.12. The van der Waals surface area contributed by atoms with Crippen molar-refractivity contribution >= 4 is 29.7 Å². The minimum atomic E-state index is -0.759. The van der Waals surface area contributed by atoms with Gasteiger partial charge in [0.05, 0.1) is 18.4 Å². The molecule has 0 aliphatic heterocycles. The maximum atomic E-state index is 12.3. The molecule has 7 nitrogen and oxygen atoms in total. The molecule has 0 unspecified atom stereocenters. The van der Waals surface area contributed by atoms with Gasteiger partial charge in [0.15, 0.2) is 6.10 Å². The van der Waals surface area contributed by atoms with E-state index in [0.717, 1.165) is 0 Å². The van der Waals surface area contributed by atoms with Crippen LogP contribution in [0.2, 0.25) is 5.02 Å².